The molecule has 1 aromatic rings. The molecule has 1 aromatic heterocycles. The van der Waals surface area contributed by atoms with E-state index in [1.807, 2.05) is 0 Å². The molecule has 11 heteroatoms. The van der Waals surface area contributed by atoms with Gasteiger partial charge < -0.3 is 33.9 Å². The molecular weight excluding hydrogens is 498 g/mol. The molecule has 2 N–H and O–H groups in total. The number of ether oxygens (including phenoxy) is 5. The predicted molar refractivity (Wildman–Crippen MR) is 130 cm³/mol. The molecular formula is C27H33NO10. The molecule has 0 aromatic carbocycles. The van der Waals surface area contributed by atoms with Crippen LogP contribution in [-0.4, -0.2) is 69.4 Å². The van der Waals surface area contributed by atoms with Crippen molar-refractivity contribution in [2.75, 3.05) is 6.61 Å². The van der Waals surface area contributed by atoms with E-state index in [4.69, 9.17) is 23.7 Å². The van der Waals surface area contributed by atoms with E-state index in [1.165, 1.54) is 20.8 Å². The molecule has 1 saturated carbocycles. The van der Waals surface area contributed by atoms with Gasteiger partial charge in [0.2, 0.25) is 6.29 Å². The molecule has 4 rings (SSSR count). The van der Waals surface area contributed by atoms with Crippen molar-refractivity contribution >= 4 is 23.7 Å². The van der Waals surface area contributed by atoms with Crippen LogP contribution in [0.3, 0.4) is 0 Å². The smallest absolute Gasteiger partial charge is 0.303 e. The quantitative estimate of drug-likeness (QED) is 0.410. The van der Waals surface area contributed by atoms with E-state index in [0.29, 0.717) is 11.3 Å². The van der Waals surface area contributed by atoms with Crippen molar-refractivity contribution in [3.63, 3.8) is 0 Å². The van der Waals surface area contributed by atoms with Gasteiger partial charge in [-0.25, -0.2) is 0 Å². The van der Waals surface area contributed by atoms with Gasteiger partial charge in [-0.1, -0.05) is 0 Å². The molecule has 0 amide bonds. The summed E-state index contributed by atoms with van der Waals surface area (Å²) in [4.78, 5) is 39.8. The number of fused-ring (bicyclic) bond motifs is 1. The van der Waals surface area contributed by atoms with E-state index in [-0.39, 0.29) is 30.8 Å². The van der Waals surface area contributed by atoms with Crippen LogP contribution in [0.2, 0.25) is 0 Å². The maximum Gasteiger partial charge on any atom is 0.303 e. The van der Waals surface area contributed by atoms with E-state index in [1.54, 1.807) is 44.4 Å². The lowest BCUT2D eigenvalue weighted by Gasteiger charge is -2.55. The highest BCUT2D eigenvalue weighted by atomic mass is 16.6. The number of hydrogen-bond donors (Lipinski definition) is 2. The maximum absolute atomic E-state index is 12.1. The summed E-state index contributed by atoms with van der Waals surface area (Å²) < 4.78 is 28.7. The second kappa shape index (κ2) is 10.4. The fraction of sp³-hybridized carbons (Fsp3) is 0.556. The zero-order chi connectivity index (χ0) is 27.8. The second-order valence-corrected chi connectivity index (χ2v) is 10.3. The summed E-state index contributed by atoms with van der Waals surface area (Å²) in [5.41, 5.74) is -1.74. The number of aromatic nitrogens is 1. The first-order chi connectivity index (χ1) is 17.8. The van der Waals surface area contributed by atoms with Crippen LogP contribution in [-0.2, 0) is 38.1 Å². The number of aliphatic hydroxyl groups is 2. The Labute approximate surface area is 220 Å². The zero-order valence-corrected chi connectivity index (χ0v) is 22.0. The average molecular weight is 532 g/mol. The van der Waals surface area contributed by atoms with Crippen LogP contribution in [0.1, 0.15) is 53.0 Å². The molecule has 11 nitrogen and oxygen atoms in total. The third-order valence-corrected chi connectivity index (χ3v) is 7.55. The Balaban J connectivity index is 1.75. The van der Waals surface area contributed by atoms with Crippen LogP contribution in [0, 0.1) is 11.8 Å². The number of hydrogen-bond acceptors (Lipinski definition) is 11. The Hall–Kier alpha value is -3.44. The maximum atomic E-state index is 12.1. The average Bonchev–Trinajstić information content (AvgIpc) is 2.83. The number of aliphatic hydroxyl groups excluding tert-OH is 2. The Morgan fingerprint density at radius 2 is 1.89 bits per heavy atom. The van der Waals surface area contributed by atoms with Gasteiger partial charge in [-0.3, -0.25) is 19.4 Å². The minimum Gasteiger partial charge on any atom is -0.483 e. The Morgan fingerprint density at radius 1 is 1.16 bits per heavy atom. The van der Waals surface area contributed by atoms with Gasteiger partial charge in [-0.05, 0) is 38.8 Å². The highest BCUT2D eigenvalue weighted by molar-refractivity contribution is 5.68. The fourth-order valence-corrected chi connectivity index (χ4v) is 5.66. The molecule has 2 unspecified atom stereocenters. The molecule has 206 valence electrons. The standard InChI is InChI=1S/C27H33NO10/c1-14(29)34-13-26(4,37-16(3)31)18-9-19-24(32)23-21(38-27(19,5)22(10-18)35-15(2)30)11-20(36-25(23)33)17-7-6-8-28-12-17/h6-8,11-12,18-19,22,24-25,32-33H,9-10,13H2,1-5H3/t18-,19-,22-,24+,25?,26?,27-/m0/s1. The minimum atomic E-state index is -1.50. The monoisotopic (exact) mass is 531 g/mol. The summed E-state index contributed by atoms with van der Waals surface area (Å²) in [6.45, 7) is 6.92. The molecule has 0 saturated heterocycles. The van der Waals surface area contributed by atoms with Crippen molar-refractivity contribution in [3.05, 3.63) is 47.5 Å². The lowest BCUT2D eigenvalue weighted by atomic mass is 9.61. The summed E-state index contributed by atoms with van der Waals surface area (Å²) in [5.74, 6) is -2.37. The van der Waals surface area contributed by atoms with E-state index in [9.17, 15) is 24.6 Å². The van der Waals surface area contributed by atoms with Crippen molar-refractivity contribution in [1.82, 2.24) is 4.98 Å². The van der Waals surface area contributed by atoms with Crippen molar-refractivity contribution in [2.24, 2.45) is 11.8 Å². The van der Waals surface area contributed by atoms with Crippen molar-refractivity contribution in [3.8, 4) is 0 Å². The van der Waals surface area contributed by atoms with E-state index in [0.717, 1.165) is 0 Å². The van der Waals surface area contributed by atoms with Crippen molar-refractivity contribution in [1.29, 1.82) is 0 Å². The highest BCUT2D eigenvalue weighted by Crippen LogP contribution is 2.53. The van der Waals surface area contributed by atoms with Gasteiger partial charge in [0.1, 0.15) is 35.4 Å². The molecule has 0 radical (unpaired) electrons. The SMILES string of the molecule is CC(=O)OCC(C)(OC(C)=O)[C@@H]1C[C@H](OC(C)=O)[C@@]2(C)OC3=C(C(O)OC(c4cccnc4)=C3)[C@H](O)[C@@H]2C1. The number of carbonyl (C=O) groups excluding carboxylic acids is 3. The van der Waals surface area contributed by atoms with Crippen LogP contribution < -0.4 is 0 Å². The molecule has 0 bridgehead atoms. The third-order valence-electron chi connectivity index (χ3n) is 7.55. The lowest BCUT2D eigenvalue weighted by molar-refractivity contribution is -0.227. The lowest BCUT2D eigenvalue weighted by Crippen LogP contribution is -2.64. The fourth-order valence-electron chi connectivity index (χ4n) is 5.66. The molecule has 3 heterocycles. The topological polar surface area (TPSA) is 151 Å². The van der Waals surface area contributed by atoms with Crippen molar-refractivity contribution in [2.45, 2.75) is 77.2 Å². The summed E-state index contributed by atoms with van der Waals surface area (Å²) >= 11 is 0. The normalized spacial score (nSPS) is 31.8. The number of nitrogens with zero attached hydrogens (tertiary/aromatic N) is 1. The number of esters is 3. The van der Waals surface area contributed by atoms with Crippen LogP contribution in [0.25, 0.3) is 5.76 Å². The summed E-state index contributed by atoms with van der Waals surface area (Å²) in [6.07, 6.45) is 1.57. The molecule has 1 fully saturated rings. The third kappa shape index (κ3) is 5.25. The van der Waals surface area contributed by atoms with Gasteiger partial charge in [-0.2, -0.15) is 0 Å². The second-order valence-electron chi connectivity index (χ2n) is 10.3. The first kappa shape index (κ1) is 27.6. The van der Waals surface area contributed by atoms with Crippen LogP contribution in [0.5, 0.6) is 0 Å². The Morgan fingerprint density at radius 3 is 2.50 bits per heavy atom. The first-order valence-electron chi connectivity index (χ1n) is 12.4. The van der Waals surface area contributed by atoms with E-state index >= 15 is 0 Å². The number of carbonyl (C=O) groups is 3. The number of rotatable bonds is 6. The summed E-state index contributed by atoms with van der Waals surface area (Å²) in [7, 11) is 0. The molecule has 0 spiro atoms. The number of allylic oxidation sites excluding steroid dienone is 1. The summed E-state index contributed by atoms with van der Waals surface area (Å²) in [6, 6.07) is 3.48. The highest BCUT2D eigenvalue weighted by Gasteiger charge is 2.61. The van der Waals surface area contributed by atoms with Gasteiger partial charge in [0.25, 0.3) is 0 Å². The van der Waals surface area contributed by atoms with Crippen LogP contribution >= 0.6 is 0 Å². The summed E-state index contributed by atoms with van der Waals surface area (Å²) in [5, 5.41) is 22.5. The largest absolute Gasteiger partial charge is 0.483 e. The Bertz CT molecular complexity index is 1160. The molecule has 38 heavy (non-hydrogen) atoms. The van der Waals surface area contributed by atoms with Gasteiger partial charge in [0, 0.05) is 56.6 Å². The van der Waals surface area contributed by atoms with Gasteiger partial charge in [0.05, 0.1) is 11.7 Å². The van der Waals surface area contributed by atoms with E-state index < -0.39 is 59.4 Å². The Kier molecular flexibility index (Phi) is 7.53. The van der Waals surface area contributed by atoms with Gasteiger partial charge >= 0.3 is 17.9 Å². The molecule has 1 aliphatic carbocycles. The van der Waals surface area contributed by atoms with Crippen molar-refractivity contribution < 1.29 is 48.3 Å². The number of pyridine rings is 1. The first-order valence-corrected chi connectivity index (χ1v) is 12.4. The van der Waals surface area contributed by atoms with Gasteiger partial charge in [0.15, 0.2) is 0 Å². The van der Waals surface area contributed by atoms with Gasteiger partial charge in [-0.15, -0.1) is 0 Å². The molecule has 2 aliphatic heterocycles. The minimum absolute atomic E-state index is 0.136. The predicted octanol–water partition coefficient (Wildman–Crippen LogP) is 2.02. The van der Waals surface area contributed by atoms with E-state index in [2.05, 4.69) is 4.98 Å². The molecule has 7 atom stereocenters. The molecule has 3 aliphatic rings. The van der Waals surface area contributed by atoms with Crippen LogP contribution in [0.15, 0.2) is 41.9 Å². The van der Waals surface area contributed by atoms with Crippen LogP contribution in [0.4, 0.5) is 0 Å². The zero-order valence-electron chi connectivity index (χ0n) is 22.0.